The van der Waals surface area contributed by atoms with Crippen LogP contribution in [-0.4, -0.2) is 28.4 Å². The van der Waals surface area contributed by atoms with Gasteiger partial charge in [-0.15, -0.1) is 0 Å². The fourth-order valence-electron chi connectivity index (χ4n) is 2.97. The number of pyridine rings is 2. The van der Waals surface area contributed by atoms with E-state index in [1.165, 1.54) is 0 Å². The molecular formula is C23H16F2N4O3. The number of ether oxygens (including phenoxy) is 1. The molecule has 0 saturated carbocycles. The molecule has 160 valence electrons. The van der Waals surface area contributed by atoms with Crippen molar-refractivity contribution in [3.63, 3.8) is 0 Å². The van der Waals surface area contributed by atoms with Crippen LogP contribution in [0.15, 0.2) is 72.9 Å². The maximum atomic E-state index is 13.6. The quantitative estimate of drug-likeness (QED) is 0.470. The predicted molar refractivity (Wildman–Crippen MR) is 112 cm³/mol. The van der Waals surface area contributed by atoms with E-state index in [1.807, 2.05) is 6.07 Å². The Balaban J connectivity index is 1.48. The first-order valence-electron chi connectivity index (χ1n) is 9.49. The van der Waals surface area contributed by atoms with E-state index in [-0.39, 0.29) is 11.3 Å². The number of fused-ring (bicyclic) bond motifs is 1. The van der Waals surface area contributed by atoms with Crippen molar-refractivity contribution in [3.8, 4) is 17.1 Å². The van der Waals surface area contributed by atoms with Gasteiger partial charge in [0.1, 0.15) is 5.82 Å². The first kappa shape index (κ1) is 20.9. The molecule has 0 aliphatic heterocycles. The Hall–Kier alpha value is -4.40. The van der Waals surface area contributed by atoms with E-state index >= 15 is 0 Å². The number of halogens is 2. The molecule has 0 atom stereocenters. The average Bonchev–Trinajstić information content (AvgIpc) is 2.81. The van der Waals surface area contributed by atoms with E-state index in [0.29, 0.717) is 28.4 Å². The normalized spacial score (nSPS) is 10.6. The summed E-state index contributed by atoms with van der Waals surface area (Å²) in [5.41, 5.74) is 6.47. The monoisotopic (exact) mass is 434 g/mol. The Morgan fingerprint density at radius 2 is 1.72 bits per heavy atom. The second-order valence-corrected chi connectivity index (χ2v) is 6.65. The lowest BCUT2D eigenvalue weighted by Gasteiger charge is -2.12. The molecular weight excluding hydrogens is 418 g/mol. The lowest BCUT2D eigenvalue weighted by molar-refractivity contribution is -0.123. The number of aromatic nitrogens is 2. The molecule has 4 aromatic rings. The van der Waals surface area contributed by atoms with E-state index in [0.717, 1.165) is 12.1 Å². The van der Waals surface area contributed by atoms with Gasteiger partial charge >= 0.3 is 0 Å². The first-order chi connectivity index (χ1) is 15.5. The smallest absolute Gasteiger partial charge is 0.276 e. The SMILES string of the molecule is O=C(COc1ccc(F)cc1F)NNC(=O)c1cc(-c2ccccn2)nc2ccccc12. The van der Waals surface area contributed by atoms with Gasteiger partial charge in [0, 0.05) is 17.6 Å². The van der Waals surface area contributed by atoms with Crippen LogP contribution in [0.3, 0.4) is 0 Å². The minimum Gasteiger partial charge on any atom is -0.481 e. The van der Waals surface area contributed by atoms with Gasteiger partial charge < -0.3 is 4.74 Å². The molecule has 0 spiro atoms. The summed E-state index contributed by atoms with van der Waals surface area (Å²) in [6, 6.07) is 16.7. The van der Waals surface area contributed by atoms with Gasteiger partial charge in [-0.05, 0) is 36.4 Å². The zero-order chi connectivity index (χ0) is 22.5. The summed E-state index contributed by atoms with van der Waals surface area (Å²) in [6.07, 6.45) is 1.62. The molecule has 2 aromatic carbocycles. The summed E-state index contributed by atoms with van der Waals surface area (Å²) >= 11 is 0. The van der Waals surface area contributed by atoms with Gasteiger partial charge in [0.2, 0.25) is 0 Å². The molecule has 2 N–H and O–H groups in total. The molecule has 7 nitrogen and oxygen atoms in total. The van der Waals surface area contributed by atoms with Crippen LogP contribution < -0.4 is 15.6 Å². The molecule has 0 radical (unpaired) electrons. The Morgan fingerprint density at radius 1 is 0.906 bits per heavy atom. The van der Waals surface area contributed by atoms with Crippen LogP contribution in [0.25, 0.3) is 22.3 Å². The van der Waals surface area contributed by atoms with Crippen LogP contribution in [0.1, 0.15) is 10.4 Å². The molecule has 0 aliphatic rings. The third kappa shape index (κ3) is 4.67. The molecule has 2 amide bonds. The fraction of sp³-hybridized carbons (Fsp3) is 0.0435. The molecule has 32 heavy (non-hydrogen) atoms. The lowest BCUT2D eigenvalue weighted by atomic mass is 10.1. The number of hydrogen-bond acceptors (Lipinski definition) is 5. The maximum absolute atomic E-state index is 13.6. The largest absolute Gasteiger partial charge is 0.481 e. The number of carbonyl (C=O) groups excluding carboxylic acids is 2. The molecule has 0 unspecified atom stereocenters. The molecule has 0 aliphatic carbocycles. The minimum absolute atomic E-state index is 0.280. The van der Waals surface area contributed by atoms with Gasteiger partial charge in [-0.1, -0.05) is 24.3 Å². The van der Waals surface area contributed by atoms with Crippen LogP contribution in [0, 0.1) is 11.6 Å². The Labute approximate surface area is 181 Å². The number of para-hydroxylation sites is 1. The lowest BCUT2D eigenvalue weighted by Crippen LogP contribution is -2.44. The zero-order valence-electron chi connectivity index (χ0n) is 16.5. The number of amides is 2. The van der Waals surface area contributed by atoms with Crippen molar-refractivity contribution < 1.29 is 23.1 Å². The summed E-state index contributed by atoms with van der Waals surface area (Å²) in [5, 5.41) is 0.587. The van der Waals surface area contributed by atoms with E-state index in [9.17, 15) is 18.4 Å². The predicted octanol–water partition coefficient (Wildman–Crippen LogP) is 3.42. The van der Waals surface area contributed by atoms with Crippen LogP contribution in [0.4, 0.5) is 8.78 Å². The van der Waals surface area contributed by atoms with Crippen LogP contribution in [0.2, 0.25) is 0 Å². The summed E-state index contributed by atoms with van der Waals surface area (Å²) in [5.74, 6) is -3.30. The highest BCUT2D eigenvalue weighted by atomic mass is 19.1. The van der Waals surface area contributed by atoms with Crippen LogP contribution >= 0.6 is 0 Å². The third-order valence-electron chi connectivity index (χ3n) is 4.46. The topological polar surface area (TPSA) is 93.2 Å². The number of nitrogens with one attached hydrogen (secondary N) is 2. The van der Waals surface area contributed by atoms with Crippen molar-refractivity contribution in [2.45, 2.75) is 0 Å². The molecule has 9 heteroatoms. The molecule has 0 bridgehead atoms. The van der Waals surface area contributed by atoms with Gasteiger partial charge in [0.25, 0.3) is 11.8 Å². The molecule has 2 aromatic heterocycles. The first-order valence-corrected chi connectivity index (χ1v) is 9.49. The number of hydrazine groups is 1. The van der Waals surface area contributed by atoms with Crippen molar-refractivity contribution in [2.75, 3.05) is 6.61 Å². The fourth-order valence-corrected chi connectivity index (χ4v) is 2.97. The molecule has 4 rings (SSSR count). The van der Waals surface area contributed by atoms with E-state index < -0.39 is 30.1 Å². The van der Waals surface area contributed by atoms with Crippen LogP contribution in [-0.2, 0) is 4.79 Å². The molecule has 2 heterocycles. The number of hydrogen-bond donors (Lipinski definition) is 2. The summed E-state index contributed by atoms with van der Waals surface area (Å²) in [6.45, 7) is -0.584. The average molecular weight is 434 g/mol. The summed E-state index contributed by atoms with van der Waals surface area (Å²) in [4.78, 5) is 33.6. The van der Waals surface area contributed by atoms with Crippen molar-refractivity contribution in [2.24, 2.45) is 0 Å². The number of nitrogens with zero attached hydrogens (tertiary/aromatic N) is 2. The van der Waals surface area contributed by atoms with E-state index in [4.69, 9.17) is 4.74 Å². The maximum Gasteiger partial charge on any atom is 0.276 e. The van der Waals surface area contributed by atoms with Crippen molar-refractivity contribution in [1.29, 1.82) is 0 Å². The summed E-state index contributed by atoms with van der Waals surface area (Å²) < 4.78 is 31.5. The zero-order valence-corrected chi connectivity index (χ0v) is 16.5. The molecule has 0 saturated heterocycles. The van der Waals surface area contributed by atoms with Crippen molar-refractivity contribution in [3.05, 3.63) is 90.1 Å². The van der Waals surface area contributed by atoms with Crippen LogP contribution in [0.5, 0.6) is 5.75 Å². The second kappa shape index (κ2) is 9.17. The number of carbonyl (C=O) groups is 2. The van der Waals surface area contributed by atoms with Gasteiger partial charge in [-0.25, -0.2) is 13.8 Å². The Morgan fingerprint density at radius 3 is 2.50 bits per heavy atom. The van der Waals surface area contributed by atoms with E-state index in [1.54, 1.807) is 48.7 Å². The van der Waals surface area contributed by atoms with Gasteiger partial charge in [0.15, 0.2) is 18.2 Å². The highest BCUT2D eigenvalue weighted by Crippen LogP contribution is 2.23. The minimum atomic E-state index is -0.938. The molecule has 0 fully saturated rings. The van der Waals surface area contributed by atoms with E-state index in [2.05, 4.69) is 20.8 Å². The summed E-state index contributed by atoms with van der Waals surface area (Å²) in [7, 11) is 0. The Bertz CT molecular complexity index is 1300. The highest BCUT2D eigenvalue weighted by molar-refractivity contribution is 6.07. The van der Waals surface area contributed by atoms with Crippen molar-refractivity contribution in [1.82, 2.24) is 20.8 Å². The highest BCUT2D eigenvalue weighted by Gasteiger charge is 2.15. The number of benzene rings is 2. The van der Waals surface area contributed by atoms with Gasteiger partial charge in [-0.3, -0.25) is 25.4 Å². The van der Waals surface area contributed by atoms with Gasteiger partial charge in [-0.2, -0.15) is 0 Å². The third-order valence-corrected chi connectivity index (χ3v) is 4.46. The Kier molecular flexibility index (Phi) is 5.98. The standard InChI is InChI=1S/C23H16F2N4O3/c24-14-8-9-21(17(25)11-14)32-13-22(30)28-29-23(31)16-12-20(19-7-3-4-10-26-19)27-18-6-2-1-5-15(16)18/h1-12H,13H2,(H,28,30)(H,29,31). The second-order valence-electron chi connectivity index (χ2n) is 6.65. The van der Waals surface area contributed by atoms with Gasteiger partial charge in [0.05, 0.1) is 22.5 Å². The van der Waals surface area contributed by atoms with Crippen molar-refractivity contribution >= 4 is 22.7 Å². The number of rotatable bonds is 5.